The van der Waals surface area contributed by atoms with Gasteiger partial charge in [0.1, 0.15) is 17.7 Å². The smallest absolute Gasteiger partial charge is 0.149 e. The van der Waals surface area contributed by atoms with Crippen LogP contribution >= 0.6 is 11.6 Å². The second-order valence-electron chi connectivity index (χ2n) is 4.70. The minimum absolute atomic E-state index is 0.00271. The van der Waals surface area contributed by atoms with E-state index in [4.69, 9.17) is 17.3 Å². The highest BCUT2D eigenvalue weighted by Crippen LogP contribution is 2.26. The van der Waals surface area contributed by atoms with Crippen LogP contribution in [-0.2, 0) is 0 Å². The average Bonchev–Trinajstić information content (AvgIpc) is 2.50. The number of hydrogen-bond acceptors (Lipinski definition) is 4. The molecule has 4 nitrogen and oxygen atoms in total. The molecule has 0 spiro atoms. The molecule has 0 aliphatic heterocycles. The minimum Gasteiger partial charge on any atom is -0.399 e. The number of anilines is 3. The number of benzene rings is 2. The number of fused-ring (bicyclic) bond motifs is 1. The van der Waals surface area contributed by atoms with Crippen LogP contribution in [0.25, 0.3) is 10.9 Å². The lowest BCUT2D eigenvalue weighted by Gasteiger charge is -2.10. The Morgan fingerprint density at radius 1 is 1.18 bits per heavy atom. The van der Waals surface area contributed by atoms with Crippen LogP contribution in [0, 0.1) is 17.1 Å². The third kappa shape index (κ3) is 2.65. The normalized spacial score (nSPS) is 10.4. The number of pyridine rings is 1. The van der Waals surface area contributed by atoms with Gasteiger partial charge in [0, 0.05) is 16.8 Å². The molecular formula is C16H10ClFN4. The first-order valence-electron chi connectivity index (χ1n) is 6.39. The summed E-state index contributed by atoms with van der Waals surface area (Å²) in [6.45, 7) is 0. The van der Waals surface area contributed by atoms with E-state index in [0.29, 0.717) is 28.3 Å². The number of aromatic nitrogens is 1. The number of nitriles is 1. The predicted octanol–water partition coefficient (Wildman–Crippen LogP) is 4.22. The van der Waals surface area contributed by atoms with Crippen molar-refractivity contribution in [1.29, 1.82) is 5.26 Å². The first kappa shape index (κ1) is 14.1. The lowest BCUT2D eigenvalue weighted by atomic mass is 10.1. The third-order valence-corrected chi connectivity index (χ3v) is 3.43. The van der Waals surface area contributed by atoms with Crippen molar-refractivity contribution in [3.63, 3.8) is 0 Å². The maximum atomic E-state index is 13.2. The van der Waals surface area contributed by atoms with Crippen molar-refractivity contribution < 1.29 is 4.39 Å². The lowest BCUT2D eigenvalue weighted by Crippen LogP contribution is -1.98. The van der Waals surface area contributed by atoms with E-state index in [2.05, 4.69) is 16.4 Å². The van der Waals surface area contributed by atoms with Gasteiger partial charge < -0.3 is 11.1 Å². The monoisotopic (exact) mass is 312 g/mol. The molecule has 0 saturated carbocycles. The highest BCUT2D eigenvalue weighted by molar-refractivity contribution is 6.31. The molecule has 3 aromatic rings. The summed E-state index contributed by atoms with van der Waals surface area (Å²) in [6.07, 6.45) is 0. The summed E-state index contributed by atoms with van der Waals surface area (Å²) in [4.78, 5) is 4.41. The Labute approximate surface area is 131 Å². The van der Waals surface area contributed by atoms with Crippen molar-refractivity contribution in [2.45, 2.75) is 0 Å². The fourth-order valence-electron chi connectivity index (χ4n) is 2.09. The van der Waals surface area contributed by atoms with Gasteiger partial charge in [-0.05, 0) is 42.5 Å². The van der Waals surface area contributed by atoms with E-state index < -0.39 is 5.82 Å². The molecule has 2 aromatic carbocycles. The van der Waals surface area contributed by atoms with Gasteiger partial charge in [-0.15, -0.1) is 0 Å². The van der Waals surface area contributed by atoms with E-state index in [0.717, 1.165) is 5.39 Å². The van der Waals surface area contributed by atoms with Crippen LogP contribution in [-0.4, -0.2) is 4.98 Å². The summed E-state index contributed by atoms with van der Waals surface area (Å²) in [7, 11) is 0. The summed E-state index contributed by atoms with van der Waals surface area (Å²) in [5, 5.41) is 13.0. The number of nitrogens with zero attached hydrogens (tertiary/aromatic N) is 2. The number of rotatable bonds is 2. The second-order valence-corrected chi connectivity index (χ2v) is 5.11. The van der Waals surface area contributed by atoms with Crippen LogP contribution in [0.5, 0.6) is 0 Å². The molecular weight excluding hydrogens is 303 g/mol. The molecule has 3 rings (SSSR count). The Bertz CT molecular complexity index is 918. The van der Waals surface area contributed by atoms with Crippen LogP contribution in [0.3, 0.4) is 0 Å². The Kier molecular flexibility index (Phi) is 3.53. The van der Waals surface area contributed by atoms with Crippen molar-refractivity contribution >= 4 is 39.7 Å². The molecule has 0 amide bonds. The number of nitrogens with one attached hydrogen (secondary N) is 1. The number of nitrogens with two attached hydrogens (primary N) is 1. The molecule has 1 aromatic heterocycles. The third-order valence-electron chi connectivity index (χ3n) is 3.14. The number of halogens is 2. The molecule has 1 heterocycles. The highest BCUT2D eigenvalue weighted by atomic mass is 35.5. The van der Waals surface area contributed by atoms with Gasteiger partial charge in [0.05, 0.1) is 16.1 Å². The fraction of sp³-hybridized carbons (Fsp3) is 0. The molecule has 0 atom stereocenters. The zero-order chi connectivity index (χ0) is 15.7. The SMILES string of the molecule is N#Cc1cc2cc(N)ccc2nc1Nc1ccc(F)c(Cl)c1. The predicted molar refractivity (Wildman–Crippen MR) is 85.6 cm³/mol. The first-order chi connectivity index (χ1) is 10.6. The molecule has 0 unspecified atom stereocenters. The van der Waals surface area contributed by atoms with E-state index in [1.54, 1.807) is 24.3 Å². The molecule has 0 aliphatic carbocycles. The molecule has 0 radical (unpaired) electrons. The van der Waals surface area contributed by atoms with Crippen LogP contribution < -0.4 is 11.1 Å². The van der Waals surface area contributed by atoms with Crippen LogP contribution in [0.1, 0.15) is 5.56 Å². The van der Waals surface area contributed by atoms with E-state index in [9.17, 15) is 9.65 Å². The van der Waals surface area contributed by atoms with E-state index in [1.165, 1.54) is 18.2 Å². The Hall–Kier alpha value is -2.84. The van der Waals surface area contributed by atoms with Crippen molar-refractivity contribution in [3.05, 3.63) is 58.9 Å². The lowest BCUT2D eigenvalue weighted by molar-refractivity contribution is 0.628. The summed E-state index contributed by atoms with van der Waals surface area (Å²) < 4.78 is 13.2. The number of nitrogen functional groups attached to an aromatic ring is 1. The van der Waals surface area contributed by atoms with E-state index in [1.807, 2.05) is 0 Å². The summed E-state index contributed by atoms with van der Waals surface area (Å²) in [5.74, 6) is -0.128. The largest absolute Gasteiger partial charge is 0.399 e. The van der Waals surface area contributed by atoms with Crippen LogP contribution in [0.2, 0.25) is 5.02 Å². The Balaban J connectivity index is 2.07. The summed E-state index contributed by atoms with van der Waals surface area (Å²) in [6, 6.07) is 13.3. The van der Waals surface area contributed by atoms with Gasteiger partial charge in [-0.2, -0.15) is 5.26 Å². The van der Waals surface area contributed by atoms with Gasteiger partial charge in [0.25, 0.3) is 0 Å². The zero-order valence-corrected chi connectivity index (χ0v) is 12.0. The Morgan fingerprint density at radius 2 is 2.00 bits per heavy atom. The van der Waals surface area contributed by atoms with E-state index in [-0.39, 0.29) is 5.02 Å². The molecule has 6 heteroatoms. The highest BCUT2D eigenvalue weighted by Gasteiger charge is 2.09. The maximum absolute atomic E-state index is 13.2. The van der Waals surface area contributed by atoms with Crippen molar-refractivity contribution in [2.75, 3.05) is 11.1 Å². The average molecular weight is 313 g/mol. The topological polar surface area (TPSA) is 74.7 Å². The van der Waals surface area contributed by atoms with Crippen LogP contribution in [0.15, 0.2) is 42.5 Å². The van der Waals surface area contributed by atoms with Gasteiger partial charge in [0.2, 0.25) is 0 Å². The number of hydrogen-bond donors (Lipinski definition) is 2. The fourth-order valence-corrected chi connectivity index (χ4v) is 2.27. The molecule has 0 bridgehead atoms. The van der Waals surface area contributed by atoms with Gasteiger partial charge in [0.15, 0.2) is 0 Å². The van der Waals surface area contributed by atoms with Gasteiger partial charge in [-0.1, -0.05) is 11.6 Å². The van der Waals surface area contributed by atoms with Gasteiger partial charge in [-0.25, -0.2) is 9.37 Å². The van der Waals surface area contributed by atoms with Crippen molar-refractivity contribution in [3.8, 4) is 6.07 Å². The van der Waals surface area contributed by atoms with Crippen molar-refractivity contribution in [1.82, 2.24) is 4.98 Å². The molecule has 0 fully saturated rings. The summed E-state index contributed by atoms with van der Waals surface area (Å²) in [5.41, 5.74) is 7.94. The van der Waals surface area contributed by atoms with Gasteiger partial charge >= 0.3 is 0 Å². The molecule has 3 N–H and O–H groups in total. The first-order valence-corrected chi connectivity index (χ1v) is 6.77. The minimum atomic E-state index is -0.505. The van der Waals surface area contributed by atoms with Crippen LogP contribution in [0.4, 0.5) is 21.6 Å². The Morgan fingerprint density at radius 3 is 2.73 bits per heavy atom. The second kappa shape index (κ2) is 5.51. The quantitative estimate of drug-likeness (QED) is 0.695. The molecule has 0 aliphatic rings. The zero-order valence-electron chi connectivity index (χ0n) is 11.3. The summed E-state index contributed by atoms with van der Waals surface area (Å²) >= 11 is 5.75. The van der Waals surface area contributed by atoms with Crippen molar-refractivity contribution in [2.24, 2.45) is 0 Å². The van der Waals surface area contributed by atoms with E-state index >= 15 is 0 Å². The molecule has 0 saturated heterocycles. The molecule has 108 valence electrons. The molecule has 22 heavy (non-hydrogen) atoms. The van der Waals surface area contributed by atoms with Gasteiger partial charge in [-0.3, -0.25) is 0 Å². The maximum Gasteiger partial charge on any atom is 0.149 e. The standard InChI is InChI=1S/C16H10ClFN4/c17-13-7-12(2-3-14(13)18)21-16-10(8-19)5-9-6-11(20)1-4-15(9)22-16/h1-7H,20H2,(H,21,22).